The molecule has 1 aliphatic carbocycles. The molecule has 0 bridgehead atoms. The Kier molecular flexibility index (Phi) is 5.63. The van der Waals surface area contributed by atoms with Gasteiger partial charge in [-0.3, -0.25) is 0 Å². The predicted molar refractivity (Wildman–Crippen MR) is 140 cm³/mol. The minimum atomic E-state index is 0.120. The highest BCUT2D eigenvalue weighted by atomic mass is 35.5. The van der Waals surface area contributed by atoms with Crippen LogP contribution in [0.15, 0.2) is 72.8 Å². The van der Waals surface area contributed by atoms with Crippen LogP contribution in [0.1, 0.15) is 28.8 Å². The summed E-state index contributed by atoms with van der Waals surface area (Å²) >= 11 is 6.32. The third-order valence-corrected chi connectivity index (χ3v) is 8.47. The van der Waals surface area contributed by atoms with Crippen LogP contribution in [0.2, 0.25) is 5.02 Å². The van der Waals surface area contributed by atoms with Gasteiger partial charge in [-0.05, 0) is 79.1 Å². The van der Waals surface area contributed by atoms with Crippen molar-refractivity contribution in [2.24, 2.45) is 5.92 Å². The molecule has 2 aliphatic rings. The van der Waals surface area contributed by atoms with Gasteiger partial charge in [0.15, 0.2) is 0 Å². The Hall–Kier alpha value is -2.75. The lowest BCUT2D eigenvalue weighted by atomic mass is 9.58. The second-order valence-corrected chi connectivity index (χ2v) is 10.5. The van der Waals surface area contributed by atoms with Gasteiger partial charge >= 0.3 is 0 Å². The Morgan fingerprint density at radius 1 is 1.06 bits per heavy atom. The zero-order chi connectivity index (χ0) is 23.1. The number of nitrogens with one attached hydrogen (secondary N) is 1. The van der Waals surface area contributed by atoms with Gasteiger partial charge in [0.05, 0.1) is 7.11 Å². The number of fused-ring (bicyclic) bond motifs is 4. The molecular weight excluding hydrogens is 440 g/mol. The van der Waals surface area contributed by atoms with Crippen molar-refractivity contribution in [3.05, 3.63) is 100 Å². The van der Waals surface area contributed by atoms with Crippen LogP contribution >= 0.6 is 11.6 Å². The third-order valence-electron chi connectivity index (χ3n) is 8.24. The molecule has 3 nitrogen and oxygen atoms in total. The fourth-order valence-corrected chi connectivity index (χ4v) is 6.58. The maximum atomic E-state index is 6.32. The largest absolute Gasteiger partial charge is 0.497 e. The van der Waals surface area contributed by atoms with Crippen LogP contribution in [0.3, 0.4) is 0 Å². The maximum absolute atomic E-state index is 6.32. The number of piperidine rings is 1. The zero-order valence-electron chi connectivity index (χ0n) is 19.7. The van der Waals surface area contributed by atoms with E-state index in [1.165, 1.54) is 27.8 Å². The van der Waals surface area contributed by atoms with Crippen molar-refractivity contribution in [3.63, 3.8) is 0 Å². The quantitative estimate of drug-likeness (QED) is 0.364. The van der Waals surface area contributed by atoms with Gasteiger partial charge in [-0.15, -0.1) is 0 Å². The molecule has 0 saturated carbocycles. The summed E-state index contributed by atoms with van der Waals surface area (Å²) in [6.45, 7) is 3.37. The number of hydrogen-bond acceptors (Lipinski definition) is 2. The molecular formula is C30H31ClN2O. The molecule has 1 unspecified atom stereocenters. The SMILES string of the molecule is COc1cccc([C@]23CCN(CCc4ccccc4)CC2Cc2c([nH]c4cc(Cl)ccc24)C3)c1. The number of H-pyrrole nitrogens is 1. The summed E-state index contributed by atoms with van der Waals surface area (Å²) in [5.41, 5.74) is 7.00. The Labute approximate surface area is 206 Å². The number of aromatic amines is 1. The molecule has 1 saturated heterocycles. The minimum absolute atomic E-state index is 0.120. The molecule has 4 aromatic rings. The molecule has 1 fully saturated rings. The summed E-state index contributed by atoms with van der Waals surface area (Å²) in [5, 5.41) is 2.12. The first-order chi connectivity index (χ1) is 16.6. The molecule has 1 N–H and O–H groups in total. The molecule has 0 spiro atoms. The van der Waals surface area contributed by atoms with Gasteiger partial charge in [0.2, 0.25) is 0 Å². The number of rotatable bonds is 5. The maximum Gasteiger partial charge on any atom is 0.119 e. The van der Waals surface area contributed by atoms with Crippen LogP contribution in [0.5, 0.6) is 5.75 Å². The highest BCUT2D eigenvalue weighted by molar-refractivity contribution is 6.31. The van der Waals surface area contributed by atoms with Crippen LogP contribution in [-0.4, -0.2) is 36.6 Å². The van der Waals surface area contributed by atoms with Crippen LogP contribution in [0, 0.1) is 5.92 Å². The highest BCUT2D eigenvalue weighted by Crippen LogP contribution is 2.49. The van der Waals surface area contributed by atoms with Crippen molar-refractivity contribution in [2.75, 3.05) is 26.7 Å². The fraction of sp³-hybridized carbons (Fsp3) is 0.333. The molecule has 34 heavy (non-hydrogen) atoms. The summed E-state index contributed by atoms with van der Waals surface area (Å²) in [7, 11) is 1.76. The number of benzene rings is 3. The standard InChI is InChI=1S/C30H31ClN2O/c1-34-25-9-5-8-22(16-25)30-13-15-33(14-12-21-6-3-2-4-7-21)20-23(30)17-27-26-11-10-24(31)18-28(26)32-29(27)19-30/h2-11,16,18,23,32H,12-15,17,19-20H2,1H3/t23?,30-/m1/s1. The molecule has 6 rings (SSSR count). The van der Waals surface area contributed by atoms with E-state index in [-0.39, 0.29) is 5.41 Å². The van der Waals surface area contributed by atoms with Crippen LogP contribution in [0.25, 0.3) is 10.9 Å². The first kappa shape index (κ1) is 21.8. The molecule has 174 valence electrons. The van der Waals surface area contributed by atoms with Crippen molar-refractivity contribution >= 4 is 22.5 Å². The Bertz CT molecular complexity index is 1310. The molecule has 0 radical (unpaired) electrons. The van der Waals surface area contributed by atoms with E-state index in [2.05, 4.69) is 76.6 Å². The van der Waals surface area contributed by atoms with E-state index in [1.54, 1.807) is 7.11 Å². The number of likely N-dealkylation sites (tertiary alicyclic amines) is 1. The van der Waals surface area contributed by atoms with E-state index in [4.69, 9.17) is 16.3 Å². The molecule has 1 aliphatic heterocycles. The average Bonchev–Trinajstić information content (AvgIpc) is 3.22. The van der Waals surface area contributed by atoms with E-state index >= 15 is 0 Å². The monoisotopic (exact) mass is 470 g/mol. The van der Waals surface area contributed by atoms with Crippen LogP contribution < -0.4 is 4.74 Å². The number of nitrogens with zero attached hydrogens (tertiary/aromatic N) is 1. The fourth-order valence-electron chi connectivity index (χ4n) is 6.41. The van der Waals surface area contributed by atoms with E-state index in [1.807, 2.05) is 6.07 Å². The third kappa shape index (κ3) is 3.81. The van der Waals surface area contributed by atoms with Gasteiger partial charge in [0, 0.05) is 40.1 Å². The summed E-state index contributed by atoms with van der Waals surface area (Å²) in [4.78, 5) is 6.43. The molecule has 1 aromatic heterocycles. The average molecular weight is 471 g/mol. The topological polar surface area (TPSA) is 28.3 Å². The van der Waals surface area contributed by atoms with Gasteiger partial charge in [0.1, 0.15) is 5.75 Å². The second-order valence-electron chi connectivity index (χ2n) is 10.0. The van der Waals surface area contributed by atoms with Gasteiger partial charge in [0.25, 0.3) is 0 Å². The van der Waals surface area contributed by atoms with E-state index in [0.717, 1.165) is 61.6 Å². The lowest BCUT2D eigenvalue weighted by molar-refractivity contribution is 0.0822. The van der Waals surface area contributed by atoms with Crippen molar-refractivity contribution in [1.29, 1.82) is 0 Å². The highest BCUT2D eigenvalue weighted by Gasteiger charge is 2.48. The Morgan fingerprint density at radius 2 is 1.94 bits per heavy atom. The Morgan fingerprint density at radius 3 is 2.79 bits per heavy atom. The lowest BCUT2D eigenvalue weighted by Gasteiger charge is -2.51. The van der Waals surface area contributed by atoms with Crippen molar-refractivity contribution < 1.29 is 4.74 Å². The summed E-state index contributed by atoms with van der Waals surface area (Å²) < 4.78 is 5.63. The number of methoxy groups -OCH3 is 1. The summed E-state index contributed by atoms with van der Waals surface area (Å²) in [5.74, 6) is 1.51. The van der Waals surface area contributed by atoms with Gasteiger partial charge < -0.3 is 14.6 Å². The number of hydrogen-bond donors (Lipinski definition) is 1. The lowest BCUT2D eigenvalue weighted by Crippen LogP contribution is -2.54. The predicted octanol–water partition coefficient (Wildman–Crippen LogP) is 6.43. The molecule has 2 heterocycles. The first-order valence-corrected chi connectivity index (χ1v) is 12.7. The van der Waals surface area contributed by atoms with E-state index in [9.17, 15) is 0 Å². The van der Waals surface area contributed by atoms with Gasteiger partial charge in [-0.2, -0.15) is 0 Å². The molecule has 4 heteroatoms. The number of halogens is 1. The molecule has 2 atom stereocenters. The Balaban J connectivity index is 1.35. The van der Waals surface area contributed by atoms with Crippen molar-refractivity contribution in [3.8, 4) is 5.75 Å². The van der Waals surface area contributed by atoms with Crippen LogP contribution in [0.4, 0.5) is 0 Å². The van der Waals surface area contributed by atoms with Crippen molar-refractivity contribution in [2.45, 2.75) is 31.1 Å². The van der Waals surface area contributed by atoms with Gasteiger partial charge in [-0.1, -0.05) is 60.1 Å². The van der Waals surface area contributed by atoms with Crippen LogP contribution in [-0.2, 0) is 24.7 Å². The zero-order valence-corrected chi connectivity index (χ0v) is 20.4. The minimum Gasteiger partial charge on any atom is -0.497 e. The number of ether oxygens (including phenoxy) is 1. The van der Waals surface area contributed by atoms with Crippen molar-refractivity contribution in [1.82, 2.24) is 9.88 Å². The first-order valence-electron chi connectivity index (χ1n) is 12.3. The van der Waals surface area contributed by atoms with E-state index in [0.29, 0.717) is 5.92 Å². The summed E-state index contributed by atoms with van der Waals surface area (Å²) in [6, 6.07) is 26.0. The molecule has 3 aromatic carbocycles. The second kappa shape index (κ2) is 8.79. The van der Waals surface area contributed by atoms with E-state index < -0.39 is 0 Å². The summed E-state index contributed by atoms with van der Waals surface area (Å²) in [6.07, 6.45) is 4.40. The smallest absolute Gasteiger partial charge is 0.119 e. The normalized spacial score (nSPS) is 22.4. The number of aromatic nitrogens is 1. The van der Waals surface area contributed by atoms with Gasteiger partial charge in [-0.25, -0.2) is 0 Å². The molecule has 0 amide bonds.